The monoisotopic (exact) mass is 444 g/mol. The van der Waals surface area contributed by atoms with Gasteiger partial charge in [0.2, 0.25) is 5.91 Å². The van der Waals surface area contributed by atoms with Crippen molar-refractivity contribution in [2.45, 2.75) is 20.4 Å². The summed E-state index contributed by atoms with van der Waals surface area (Å²) in [7, 11) is 1.70. The second-order valence-corrected chi connectivity index (χ2v) is 7.80. The van der Waals surface area contributed by atoms with Gasteiger partial charge in [-0.2, -0.15) is 5.10 Å². The number of hydrogen-bond acceptors (Lipinski definition) is 3. The molecule has 156 valence electrons. The minimum Gasteiger partial charge on any atom is -0.343 e. The van der Waals surface area contributed by atoms with Crippen molar-refractivity contribution in [1.82, 2.24) is 20.0 Å². The summed E-state index contributed by atoms with van der Waals surface area (Å²) in [6.07, 6.45) is 0. The number of aryl methyl sites for hydroxylation is 1. The molecule has 0 saturated carbocycles. The minimum absolute atomic E-state index is 0.140. The molecule has 0 spiro atoms. The van der Waals surface area contributed by atoms with E-state index < -0.39 is 5.91 Å². The number of carbonyl (C=O) groups excluding carboxylic acids is 2. The van der Waals surface area contributed by atoms with Gasteiger partial charge >= 0.3 is 0 Å². The molecule has 8 heteroatoms. The van der Waals surface area contributed by atoms with Crippen LogP contribution in [0.5, 0.6) is 0 Å². The molecule has 6 nitrogen and oxygen atoms in total. The first-order chi connectivity index (χ1) is 14.3. The maximum atomic E-state index is 12.6. The third kappa shape index (κ3) is 4.83. The summed E-state index contributed by atoms with van der Waals surface area (Å²) in [6, 6.07) is 14.4. The maximum Gasteiger partial charge on any atom is 0.253 e. The van der Waals surface area contributed by atoms with Crippen molar-refractivity contribution in [3.8, 4) is 5.69 Å². The summed E-state index contributed by atoms with van der Waals surface area (Å²) >= 11 is 11.9. The number of halogens is 2. The lowest BCUT2D eigenvalue weighted by atomic mass is 10.2. The molecule has 2 aromatic carbocycles. The number of likely N-dealkylation sites (N-methyl/N-ethyl adjacent to an activating group) is 1. The first kappa shape index (κ1) is 21.9. The Labute approximate surface area is 185 Å². The van der Waals surface area contributed by atoms with E-state index in [1.807, 2.05) is 48.9 Å². The molecule has 0 radical (unpaired) electrons. The Kier molecular flexibility index (Phi) is 6.80. The highest BCUT2D eigenvalue weighted by Gasteiger charge is 2.18. The zero-order chi connectivity index (χ0) is 21.8. The zero-order valence-corrected chi connectivity index (χ0v) is 18.5. The third-order valence-corrected chi connectivity index (χ3v) is 5.39. The van der Waals surface area contributed by atoms with Crippen molar-refractivity contribution < 1.29 is 9.59 Å². The van der Waals surface area contributed by atoms with Gasteiger partial charge in [0.15, 0.2) is 0 Å². The van der Waals surface area contributed by atoms with Gasteiger partial charge in [0.05, 0.1) is 28.5 Å². The summed E-state index contributed by atoms with van der Waals surface area (Å²) in [4.78, 5) is 26.4. The molecule has 1 heterocycles. The molecule has 0 fully saturated rings. The van der Waals surface area contributed by atoms with Crippen molar-refractivity contribution >= 4 is 35.0 Å². The van der Waals surface area contributed by atoms with Gasteiger partial charge in [-0.15, -0.1) is 0 Å². The highest BCUT2D eigenvalue weighted by Crippen LogP contribution is 2.21. The molecule has 0 aliphatic rings. The highest BCUT2D eigenvalue weighted by atomic mass is 35.5. The van der Waals surface area contributed by atoms with Crippen LogP contribution in [0.4, 0.5) is 0 Å². The van der Waals surface area contributed by atoms with E-state index in [1.165, 1.54) is 12.1 Å². The zero-order valence-electron chi connectivity index (χ0n) is 16.9. The van der Waals surface area contributed by atoms with Gasteiger partial charge in [-0.3, -0.25) is 9.59 Å². The van der Waals surface area contributed by atoms with Crippen LogP contribution in [-0.4, -0.2) is 40.1 Å². The Bertz CT molecular complexity index is 1080. The topological polar surface area (TPSA) is 67.2 Å². The van der Waals surface area contributed by atoms with E-state index in [0.717, 1.165) is 22.6 Å². The maximum absolute atomic E-state index is 12.6. The second kappa shape index (κ2) is 9.32. The fourth-order valence-electron chi connectivity index (χ4n) is 3.11. The fraction of sp³-hybridized carbons (Fsp3) is 0.227. The average molecular weight is 445 g/mol. The standard InChI is InChI=1S/C22H22Cl2N4O2/c1-14-19(15(2)28(26-14)17-7-5-4-6-8-17)13-27(3)21(29)12-25-22(30)18-10-9-16(23)11-20(18)24/h4-11H,12-13H2,1-3H3,(H,25,30). The molecular weight excluding hydrogens is 423 g/mol. The summed E-state index contributed by atoms with van der Waals surface area (Å²) < 4.78 is 1.87. The van der Waals surface area contributed by atoms with Crippen molar-refractivity contribution in [3.63, 3.8) is 0 Å². The molecule has 0 unspecified atom stereocenters. The van der Waals surface area contributed by atoms with E-state index in [9.17, 15) is 9.59 Å². The molecule has 1 aromatic heterocycles. The predicted molar refractivity (Wildman–Crippen MR) is 118 cm³/mol. The Morgan fingerprint density at radius 2 is 1.80 bits per heavy atom. The van der Waals surface area contributed by atoms with Crippen LogP contribution in [0.1, 0.15) is 27.3 Å². The number of para-hydroxylation sites is 1. The van der Waals surface area contributed by atoms with E-state index in [0.29, 0.717) is 11.6 Å². The Balaban J connectivity index is 1.65. The number of hydrogen-bond donors (Lipinski definition) is 1. The quantitative estimate of drug-likeness (QED) is 0.619. The van der Waals surface area contributed by atoms with Crippen LogP contribution < -0.4 is 5.32 Å². The highest BCUT2D eigenvalue weighted by molar-refractivity contribution is 6.36. The average Bonchev–Trinajstić information content (AvgIpc) is 3.00. The number of nitrogens with zero attached hydrogens (tertiary/aromatic N) is 3. The molecular formula is C22H22Cl2N4O2. The smallest absolute Gasteiger partial charge is 0.253 e. The van der Waals surface area contributed by atoms with E-state index in [1.54, 1.807) is 18.0 Å². The van der Waals surface area contributed by atoms with Gasteiger partial charge in [0, 0.05) is 29.9 Å². The van der Waals surface area contributed by atoms with Gasteiger partial charge in [-0.05, 0) is 44.2 Å². The van der Waals surface area contributed by atoms with Gasteiger partial charge < -0.3 is 10.2 Å². The van der Waals surface area contributed by atoms with Crippen LogP contribution in [0.15, 0.2) is 48.5 Å². The van der Waals surface area contributed by atoms with Gasteiger partial charge in [-0.25, -0.2) is 4.68 Å². The molecule has 30 heavy (non-hydrogen) atoms. The molecule has 0 aliphatic heterocycles. The molecule has 0 bridgehead atoms. The van der Waals surface area contributed by atoms with Crippen LogP contribution in [-0.2, 0) is 11.3 Å². The number of benzene rings is 2. The lowest BCUT2D eigenvalue weighted by Gasteiger charge is -2.18. The first-order valence-electron chi connectivity index (χ1n) is 9.35. The predicted octanol–water partition coefficient (Wildman–Crippen LogP) is 4.18. The number of aromatic nitrogens is 2. The van der Waals surface area contributed by atoms with Gasteiger partial charge in [-0.1, -0.05) is 41.4 Å². The molecule has 2 amide bonds. The van der Waals surface area contributed by atoms with E-state index >= 15 is 0 Å². The largest absolute Gasteiger partial charge is 0.343 e. The van der Waals surface area contributed by atoms with Gasteiger partial charge in [0.1, 0.15) is 0 Å². The fourth-order valence-corrected chi connectivity index (χ4v) is 3.60. The van der Waals surface area contributed by atoms with E-state index in [4.69, 9.17) is 23.2 Å². The summed E-state index contributed by atoms with van der Waals surface area (Å²) in [6.45, 7) is 4.15. The number of amides is 2. The van der Waals surface area contributed by atoms with Crippen molar-refractivity contribution in [2.24, 2.45) is 0 Å². The lowest BCUT2D eigenvalue weighted by molar-refractivity contribution is -0.129. The van der Waals surface area contributed by atoms with E-state index in [2.05, 4.69) is 10.4 Å². The van der Waals surface area contributed by atoms with Crippen molar-refractivity contribution in [2.75, 3.05) is 13.6 Å². The number of nitrogens with one attached hydrogen (secondary N) is 1. The molecule has 0 atom stereocenters. The van der Waals surface area contributed by atoms with Crippen LogP contribution in [0.25, 0.3) is 5.69 Å². The molecule has 0 aliphatic carbocycles. The summed E-state index contributed by atoms with van der Waals surface area (Å²) in [5, 5.41) is 7.89. The molecule has 3 rings (SSSR count). The first-order valence-corrected chi connectivity index (χ1v) is 10.1. The lowest BCUT2D eigenvalue weighted by Crippen LogP contribution is -2.38. The number of rotatable bonds is 6. The molecule has 0 saturated heterocycles. The van der Waals surface area contributed by atoms with Crippen molar-refractivity contribution in [1.29, 1.82) is 0 Å². The summed E-state index contributed by atoms with van der Waals surface area (Å²) in [5.74, 6) is -0.651. The second-order valence-electron chi connectivity index (χ2n) is 6.95. The SMILES string of the molecule is Cc1nn(-c2ccccc2)c(C)c1CN(C)C(=O)CNC(=O)c1ccc(Cl)cc1Cl. The summed E-state index contributed by atoms with van der Waals surface area (Å²) in [5.41, 5.74) is 4.03. The van der Waals surface area contributed by atoms with E-state index in [-0.39, 0.29) is 23.0 Å². The third-order valence-electron chi connectivity index (χ3n) is 4.84. The van der Waals surface area contributed by atoms with Crippen LogP contribution >= 0.6 is 23.2 Å². The Morgan fingerprint density at radius 3 is 2.47 bits per heavy atom. The molecule has 1 N–H and O–H groups in total. The van der Waals surface area contributed by atoms with Crippen molar-refractivity contribution in [3.05, 3.63) is 81.1 Å². The minimum atomic E-state index is -0.428. The normalized spacial score (nSPS) is 10.7. The Hall–Kier alpha value is -2.83. The molecule has 3 aromatic rings. The van der Waals surface area contributed by atoms with Crippen LogP contribution in [0.2, 0.25) is 10.0 Å². The van der Waals surface area contributed by atoms with Crippen LogP contribution in [0.3, 0.4) is 0 Å². The van der Waals surface area contributed by atoms with Gasteiger partial charge in [0.25, 0.3) is 5.91 Å². The van der Waals surface area contributed by atoms with Crippen LogP contribution in [0, 0.1) is 13.8 Å². The Morgan fingerprint density at radius 1 is 1.10 bits per heavy atom. The number of carbonyl (C=O) groups is 2.